The van der Waals surface area contributed by atoms with Gasteiger partial charge in [-0.05, 0) is 44.5 Å². The number of aryl methyl sites for hydroxylation is 1. The van der Waals surface area contributed by atoms with E-state index in [4.69, 9.17) is 0 Å². The fourth-order valence-corrected chi connectivity index (χ4v) is 3.00. The van der Waals surface area contributed by atoms with Crippen LogP contribution in [0.15, 0.2) is 30.3 Å². The Morgan fingerprint density at radius 3 is 2.42 bits per heavy atom. The van der Waals surface area contributed by atoms with Crippen LogP contribution in [0, 0.1) is 12.8 Å². The Labute approximate surface area is 116 Å². The number of rotatable bonds is 4. The number of likely N-dealkylation sites (N-methyl/N-ethyl adjacent to an activating group) is 1. The molecule has 0 aliphatic heterocycles. The maximum absolute atomic E-state index is 4.64. The lowest BCUT2D eigenvalue weighted by molar-refractivity contribution is 0.397. The van der Waals surface area contributed by atoms with Gasteiger partial charge in [-0.1, -0.05) is 32.0 Å². The summed E-state index contributed by atoms with van der Waals surface area (Å²) in [6.07, 6.45) is 0. The molecule has 0 aliphatic rings. The molecule has 1 heterocycles. The van der Waals surface area contributed by atoms with Crippen LogP contribution in [0.25, 0.3) is 10.9 Å². The third-order valence-electron chi connectivity index (χ3n) is 3.95. The highest BCUT2D eigenvalue weighted by Crippen LogP contribution is 2.33. The summed E-state index contributed by atoms with van der Waals surface area (Å²) in [5, 5.41) is 4.69. The van der Waals surface area contributed by atoms with Crippen molar-refractivity contribution in [3.63, 3.8) is 0 Å². The Bertz CT molecular complexity index is 560. The molecule has 2 heteroatoms. The maximum atomic E-state index is 4.64. The second-order valence-corrected chi connectivity index (χ2v) is 5.72. The standard InChI is InChI=1S/C17H24N2/c1-11(2)17(13(4)18-5)15-10-12(3)19-16-9-7-6-8-14(15)16/h6-11,13,17-18H,1-5H3. The Kier molecular flexibility index (Phi) is 4.20. The fourth-order valence-electron chi connectivity index (χ4n) is 3.00. The normalized spacial score (nSPS) is 14.8. The molecule has 0 fully saturated rings. The first-order valence-corrected chi connectivity index (χ1v) is 7.08. The first kappa shape index (κ1) is 14.0. The number of hydrogen-bond donors (Lipinski definition) is 1. The second-order valence-electron chi connectivity index (χ2n) is 5.72. The molecule has 102 valence electrons. The number of benzene rings is 1. The molecule has 1 N–H and O–H groups in total. The van der Waals surface area contributed by atoms with Crippen molar-refractivity contribution in [1.82, 2.24) is 10.3 Å². The summed E-state index contributed by atoms with van der Waals surface area (Å²) >= 11 is 0. The van der Waals surface area contributed by atoms with Crippen molar-refractivity contribution in [2.24, 2.45) is 5.92 Å². The number of hydrogen-bond acceptors (Lipinski definition) is 2. The Morgan fingerprint density at radius 2 is 1.79 bits per heavy atom. The highest BCUT2D eigenvalue weighted by Gasteiger charge is 2.23. The van der Waals surface area contributed by atoms with Gasteiger partial charge in [-0.25, -0.2) is 0 Å². The van der Waals surface area contributed by atoms with E-state index in [1.165, 1.54) is 10.9 Å². The van der Waals surface area contributed by atoms with Crippen molar-refractivity contribution in [3.8, 4) is 0 Å². The molecule has 0 amide bonds. The molecule has 1 aromatic heterocycles. The van der Waals surface area contributed by atoms with E-state index >= 15 is 0 Å². The third kappa shape index (κ3) is 2.79. The van der Waals surface area contributed by atoms with Crippen molar-refractivity contribution in [2.45, 2.75) is 39.7 Å². The Morgan fingerprint density at radius 1 is 1.11 bits per heavy atom. The average molecular weight is 256 g/mol. The summed E-state index contributed by atoms with van der Waals surface area (Å²) in [6, 6.07) is 11.2. The molecule has 0 radical (unpaired) electrons. The molecule has 0 aliphatic carbocycles. The van der Waals surface area contributed by atoms with Gasteiger partial charge in [-0.2, -0.15) is 0 Å². The molecule has 1 aromatic carbocycles. The molecular weight excluding hydrogens is 232 g/mol. The molecule has 0 saturated carbocycles. The molecule has 19 heavy (non-hydrogen) atoms. The summed E-state index contributed by atoms with van der Waals surface area (Å²) in [4.78, 5) is 4.64. The number of para-hydroxylation sites is 1. The van der Waals surface area contributed by atoms with Crippen molar-refractivity contribution >= 4 is 10.9 Å². The van der Waals surface area contributed by atoms with E-state index in [-0.39, 0.29) is 0 Å². The molecule has 2 aromatic rings. The number of nitrogens with one attached hydrogen (secondary N) is 1. The zero-order valence-corrected chi connectivity index (χ0v) is 12.6. The van der Waals surface area contributed by atoms with Crippen LogP contribution in [0.4, 0.5) is 0 Å². The van der Waals surface area contributed by atoms with Crippen LogP contribution in [0.1, 0.15) is 37.9 Å². The highest BCUT2D eigenvalue weighted by atomic mass is 14.9. The minimum Gasteiger partial charge on any atom is -0.317 e. The van der Waals surface area contributed by atoms with Crippen molar-refractivity contribution in [1.29, 1.82) is 0 Å². The van der Waals surface area contributed by atoms with E-state index in [0.717, 1.165) is 11.2 Å². The predicted octanol–water partition coefficient (Wildman–Crippen LogP) is 3.89. The van der Waals surface area contributed by atoms with Crippen molar-refractivity contribution in [2.75, 3.05) is 7.05 Å². The number of fused-ring (bicyclic) bond motifs is 1. The van der Waals surface area contributed by atoms with Crippen molar-refractivity contribution < 1.29 is 0 Å². The monoisotopic (exact) mass is 256 g/mol. The molecule has 2 unspecified atom stereocenters. The first-order chi connectivity index (χ1) is 9.04. The minimum absolute atomic E-state index is 0.449. The molecule has 0 saturated heterocycles. The molecule has 0 spiro atoms. The van der Waals surface area contributed by atoms with E-state index in [1.54, 1.807) is 0 Å². The smallest absolute Gasteiger partial charge is 0.0708 e. The van der Waals surface area contributed by atoms with Gasteiger partial charge in [-0.15, -0.1) is 0 Å². The Balaban J connectivity index is 2.65. The van der Waals surface area contributed by atoms with Gasteiger partial charge >= 0.3 is 0 Å². The van der Waals surface area contributed by atoms with E-state index in [9.17, 15) is 0 Å². The van der Waals surface area contributed by atoms with Gasteiger partial charge in [0, 0.05) is 23.0 Å². The van der Waals surface area contributed by atoms with Gasteiger partial charge in [0.05, 0.1) is 5.52 Å². The zero-order valence-electron chi connectivity index (χ0n) is 12.6. The number of aromatic nitrogens is 1. The molecule has 2 atom stereocenters. The largest absolute Gasteiger partial charge is 0.317 e. The van der Waals surface area contributed by atoms with Crippen LogP contribution in [-0.2, 0) is 0 Å². The number of nitrogens with zero attached hydrogens (tertiary/aromatic N) is 1. The lowest BCUT2D eigenvalue weighted by Gasteiger charge is -2.29. The summed E-state index contributed by atoms with van der Waals surface area (Å²) in [5.41, 5.74) is 3.62. The van der Waals surface area contributed by atoms with Gasteiger partial charge in [0.15, 0.2) is 0 Å². The van der Waals surface area contributed by atoms with E-state index in [0.29, 0.717) is 17.9 Å². The third-order valence-corrected chi connectivity index (χ3v) is 3.95. The average Bonchev–Trinajstić information content (AvgIpc) is 2.38. The van der Waals surface area contributed by atoms with Crippen LogP contribution >= 0.6 is 0 Å². The van der Waals surface area contributed by atoms with Crippen LogP contribution < -0.4 is 5.32 Å². The number of pyridine rings is 1. The van der Waals surface area contributed by atoms with Crippen LogP contribution in [0.3, 0.4) is 0 Å². The van der Waals surface area contributed by atoms with E-state index < -0.39 is 0 Å². The lowest BCUT2D eigenvalue weighted by Crippen LogP contribution is -2.32. The Hall–Kier alpha value is -1.41. The van der Waals surface area contributed by atoms with Gasteiger partial charge in [-0.3, -0.25) is 4.98 Å². The maximum Gasteiger partial charge on any atom is 0.0708 e. The predicted molar refractivity (Wildman–Crippen MR) is 82.6 cm³/mol. The quantitative estimate of drug-likeness (QED) is 0.897. The van der Waals surface area contributed by atoms with Crippen LogP contribution in [0.5, 0.6) is 0 Å². The van der Waals surface area contributed by atoms with E-state index in [1.807, 2.05) is 7.05 Å². The zero-order chi connectivity index (χ0) is 14.0. The first-order valence-electron chi connectivity index (χ1n) is 7.08. The van der Waals surface area contributed by atoms with Crippen LogP contribution in [0.2, 0.25) is 0 Å². The molecular formula is C17H24N2. The summed E-state index contributed by atoms with van der Waals surface area (Å²) in [6.45, 7) is 8.93. The highest BCUT2D eigenvalue weighted by molar-refractivity contribution is 5.83. The van der Waals surface area contributed by atoms with Gasteiger partial charge < -0.3 is 5.32 Å². The van der Waals surface area contributed by atoms with Crippen molar-refractivity contribution in [3.05, 3.63) is 41.6 Å². The summed E-state index contributed by atoms with van der Waals surface area (Å²) in [5.74, 6) is 1.09. The topological polar surface area (TPSA) is 24.9 Å². The second kappa shape index (κ2) is 5.70. The van der Waals surface area contributed by atoms with Gasteiger partial charge in [0.25, 0.3) is 0 Å². The van der Waals surface area contributed by atoms with E-state index in [2.05, 4.69) is 68.3 Å². The minimum atomic E-state index is 0.449. The molecule has 0 bridgehead atoms. The van der Waals surface area contributed by atoms with Crippen LogP contribution in [-0.4, -0.2) is 18.1 Å². The molecule has 2 nitrogen and oxygen atoms in total. The fraction of sp³-hybridized carbons (Fsp3) is 0.471. The SMILES string of the molecule is CNC(C)C(c1cc(C)nc2ccccc12)C(C)C. The van der Waals surface area contributed by atoms with Gasteiger partial charge in [0.2, 0.25) is 0 Å². The lowest BCUT2D eigenvalue weighted by atomic mass is 9.81. The molecule has 2 rings (SSSR count). The van der Waals surface area contributed by atoms with Gasteiger partial charge in [0.1, 0.15) is 0 Å². The summed E-state index contributed by atoms with van der Waals surface area (Å²) < 4.78 is 0. The summed E-state index contributed by atoms with van der Waals surface area (Å²) in [7, 11) is 2.04.